The predicted molar refractivity (Wildman–Crippen MR) is 102 cm³/mol. The SMILES string of the molecule is CC(O)C(N)c1nc(C(=O)NC(c2ccccc2)c2ccc(Cl)cc2)co1. The minimum Gasteiger partial charge on any atom is -0.446 e. The molecule has 1 aromatic heterocycles. The van der Waals surface area contributed by atoms with Crippen molar-refractivity contribution in [3.8, 4) is 0 Å². The third kappa shape index (κ3) is 4.54. The predicted octanol–water partition coefficient (Wildman–Crippen LogP) is 3.23. The highest BCUT2D eigenvalue weighted by atomic mass is 35.5. The van der Waals surface area contributed by atoms with Crippen LogP contribution in [-0.2, 0) is 0 Å². The standard InChI is InChI=1S/C20H20ClN3O3/c1-12(25)17(22)20-23-16(11-27-20)19(26)24-18(13-5-3-2-4-6-13)14-7-9-15(21)10-8-14/h2-12,17-18,25H,22H2,1H3,(H,24,26). The lowest BCUT2D eigenvalue weighted by atomic mass is 9.98. The summed E-state index contributed by atoms with van der Waals surface area (Å²) in [5.41, 5.74) is 7.68. The number of oxazole rings is 1. The number of nitrogens with one attached hydrogen (secondary N) is 1. The topological polar surface area (TPSA) is 101 Å². The average Bonchev–Trinajstić information content (AvgIpc) is 3.17. The number of aromatic nitrogens is 1. The summed E-state index contributed by atoms with van der Waals surface area (Å²) in [7, 11) is 0. The van der Waals surface area contributed by atoms with Crippen LogP contribution in [0.25, 0.3) is 0 Å². The number of aliphatic hydroxyl groups is 1. The van der Waals surface area contributed by atoms with Gasteiger partial charge in [-0.05, 0) is 30.2 Å². The van der Waals surface area contributed by atoms with Crippen LogP contribution in [0.4, 0.5) is 0 Å². The second kappa shape index (κ2) is 8.35. The van der Waals surface area contributed by atoms with E-state index in [1.165, 1.54) is 13.2 Å². The first-order valence-electron chi connectivity index (χ1n) is 8.46. The number of hydrogen-bond donors (Lipinski definition) is 3. The Bertz CT molecular complexity index is 894. The van der Waals surface area contributed by atoms with Gasteiger partial charge in [0.25, 0.3) is 5.91 Å². The summed E-state index contributed by atoms with van der Waals surface area (Å²) >= 11 is 5.98. The lowest BCUT2D eigenvalue weighted by Gasteiger charge is -2.19. The fourth-order valence-electron chi connectivity index (χ4n) is 2.62. The Balaban J connectivity index is 1.86. The molecule has 0 bridgehead atoms. The first kappa shape index (κ1) is 19.1. The third-order valence-electron chi connectivity index (χ3n) is 4.17. The van der Waals surface area contributed by atoms with E-state index >= 15 is 0 Å². The second-order valence-corrected chi connectivity index (χ2v) is 6.64. The zero-order chi connectivity index (χ0) is 19.4. The zero-order valence-electron chi connectivity index (χ0n) is 14.7. The summed E-state index contributed by atoms with van der Waals surface area (Å²) < 4.78 is 5.24. The monoisotopic (exact) mass is 385 g/mol. The van der Waals surface area contributed by atoms with Crippen LogP contribution in [-0.4, -0.2) is 22.1 Å². The van der Waals surface area contributed by atoms with Crippen LogP contribution in [0.3, 0.4) is 0 Å². The molecule has 0 radical (unpaired) electrons. The number of benzene rings is 2. The smallest absolute Gasteiger partial charge is 0.273 e. The molecular formula is C20H20ClN3O3. The highest BCUT2D eigenvalue weighted by Gasteiger charge is 2.23. The molecule has 0 spiro atoms. The Hall–Kier alpha value is -2.67. The van der Waals surface area contributed by atoms with Crippen molar-refractivity contribution >= 4 is 17.5 Å². The lowest BCUT2D eigenvalue weighted by molar-refractivity contribution is 0.0937. The van der Waals surface area contributed by atoms with Crippen LogP contribution < -0.4 is 11.1 Å². The summed E-state index contributed by atoms with van der Waals surface area (Å²) in [6.45, 7) is 1.53. The zero-order valence-corrected chi connectivity index (χ0v) is 15.4. The van der Waals surface area contributed by atoms with Crippen molar-refractivity contribution in [3.63, 3.8) is 0 Å². The van der Waals surface area contributed by atoms with Crippen LogP contribution >= 0.6 is 11.6 Å². The highest BCUT2D eigenvalue weighted by molar-refractivity contribution is 6.30. The maximum atomic E-state index is 12.7. The Morgan fingerprint density at radius 1 is 1.15 bits per heavy atom. The van der Waals surface area contributed by atoms with E-state index in [1.807, 2.05) is 42.5 Å². The number of halogens is 1. The first-order chi connectivity index (χ1) is 13.0. The van der Waals surface area contributed by atoms with Crippen molar-refractivity contribution in [1.82, 2.24) is 10.3 Å². The fourth-order valence-corrected chi connectivity index (χ4v) is 2.74. The van der Waals surface area contributed by atoms with Crippen LogP contribution in [0.5, 0.6) is 0 Å². The van der Waals surface area contributed by atoms with Gasteiger partial charge >= 0.3 is 0 Å². The number of rotatable bonds is 6. The van der Waals surface area contributed by atoms with Crippen LogP contribution in [0.15, 0.2) is 65.3 Å². The van der Waals surface area contributed by atoms with Crippen LogP contribution in [0.2, 0.25) is 5.02 Å². The third-order valence-corrected chi connectivity index (χ3v) is 4.42. The Kier molecular flexibility index (Phi) is 5.91. The molecule has 1 amide bonds. The molecule has 7 heteroatoms. The number of hydrogen-bond acceptors (Lipinski definition) is 5. The molecule has 6 nitrogen and oxygen atoms in total. The molecule has 0 aliphatic heterocycles. The molecule has 1 heterocycles. The number of carbonyl (C=O) groups excluding carboxylic acids is 1. The summed E-state index contributed by atoms with van der Waals surface area (Å²) in [5, 5.41) is 13.1. The molecule has 0 aliphatic rings. The Morgan fingerprint density at radius 3 is 2.41 bits per heavy atom. The summed E-state index contributed by atoms with van der Waals surface area (Å²) in [5.74, 6) is -0.301. The number of nitrogens with two attached hydrogens (primary N) is 1. The van der Waals surface area contributed by atoms with Gasteiger partial charge in [0, 0.05) is 5.02 Å². The minimum atomic E-state index is -0.842. The van der Waals surface area contributed by atoms with Crippen molar-refractivity contribution in [2.24, 2.45) is 5.73 Å². The average molecular weight is 386 g/mol. The van der Waals surface area contributed by atoms with Crippen molar-refractivity contribution in [2.45, 2.75) is 25.1 Å². The van der Waals surface area contributed by atoms with Crippen LogP contribution in [0.1, 0.15) is 46.5 Å². The van der Waals surface area contributed by atoms with Gasteiger partial charge in [-0.2, -0.15) is 0 Å². The number of carbonyl (C=O) groups is 1. The van der Waals surface area contributed by atoms with E-state index in [2.05, 4.69) is 10.3 Å². The van der Waals surface area contributed by atoms with Crippen molar-refractivity contribution in [2.75, 3.05) is 0 Å². The molecule has 3 atom stereocenters. The highest BCUT2D eigenvalue weighted by Crippen LogP contribution is 2.24. The van der Waals surface area contributed by atoms with Gasteiger partial charge in [0.1, 0.15) is 12.3 Å². The maximum Gasteiger partial charge on any atom is 0.273 e. The molecule has 140 valence electrons. The summed E-state index contributed by atoms with van der Waals surface area (Å²) in [6.07, 6.45) is 0.391. The van der Waals surface area contributed by atoms with E-state index in [0.717, 1.165) is 11.1 Å². The number of nitrogens with zero attached hydrogens (tertiary/aromatic N) is 1. The quantitative estimate of drug-likeness (QED) is 0.604. The van der Waals surface area contributed by atoms with Gasteiger partial charge in [-0.15, -0.1) is 0 Å². The molecule has 0 fully saturated rings. The van der Waals surface area contributed by atoms with E-state index in [-0.39, 0.29) is 17.6 Å². The van der Waals surface area contributed by atoms with Gasteiger partial charge in [0.2, 0.25) is 5.89 Å². The minimum absolute atomic E-state index is 0.0935. The van der Waals surface area contributed by atoms with Gasteiger partial charge < -0.3 is 20.6 Å². The van der Waals surface area contributed by atoms with E-state index in [4.69, 9.17) is 21.8 Å². The number of aliphatic hydroxyl groups excluding tert-OH is 1. The van der Waals surface area contributed by atoms with Crippen molar-refractivity contribution in [1.29, 1.82) is 0 Å². The van der Waals surface area contributed by atoms with Crippen molar-refractivity contribution < 1.29 is 14.3 Å². The molecule has 0 saturated heterocycles. The second-order valence-electron chi connectivity index (χ2n) is 6.21. The Labute approximate surface area is 162 Å². The molecule has 2 aromatic carbocycles. The molecule has 3 aromatic rings. The van der Waals surface area contributed by atoms with Crippen LogP contribution in [0, 0.1) is 0 Å². The molecule has 3 unspecified atom stereocenters. The summed E-state index contributed by atoms with van der Waals surface area (Å²) in [6, 6.07) is 15.6. The van der Waals surface area contributed by atoms with E-state index in [9.17, 15) is 9.90 Å². The van der Waals surface area contributed by atoms with Crippen molar-refractivity contribution in [3.05, 3.63) is 88.6 Å². The van der Waals surface area contributed by atoms with Gasteiger partial charge in [0.05, 0.1) is 12.1 Å². The normalized spacial score (nSPS) is 14.4. The molecule has 0 saturated carbocycles. The first-order valence-corrected chi connectivity index (χ1v) is 8.84. The molecular weight excluding hydrogens is 366 g/mol. The largest absolute Gasteiger partial charge is 0.446 e. The Morgan fingerprint density at radius 2 is 1.78 bits per heavy atom. The van der Waals surface area contributed by atoms with E-state index in [1.54, 1.807) is 12.1 Å². The van der Waals surface area contributed by atoms with Gasteiger partial charge in [-0.1, -0.05) is 54.1 Å². The van der Waals surface area contributed by atoms with E-state index < -0.39 is 18.1 Å². The van der Waals surface area contributed by atoms with Gasteiger partial charge in [0.15, 0.2) is 5.69 Å². The molecule has 3 rings (SSSR count). The maximum absolute atomic E-state index is 12.7. The lowest BCUT2D eigenvalue weighted by Crippen LogP contribution is -2.30. The number of amides is 1. The summed E-state index contributed by atoms with van der Waals surface area (Å²) in [4.78, 5) is 16.8. The molecule has 27 heavy (non-hydrogen) atoms. The molecule has 4 N–H and O–H groups in total. The van der Waals surface area contributed by atoms with Gasteiger partial charge in [-0.3, -0.25) is 4.79 Å². The molecule has 0 aliphatic carbocycles. The van der Waals surface area contributed by atoms with E-state index in [0.29, 0.717) is 5.02 Å². The van der Waals surface area contributed by atoms with Gasteiger partial charge in [-0.25, -0.2) is 4.98 Å². The fraction of sp³-hybridized carbons (Fsp3) is 0.200.